The first-order chi connectivity index (χ1) is 11.1. The zero-order valence-electron chi connectivity index (χ0n) is 15.1. The lowest BCUT2D eigenvalue weighted by atomic mass is 10.0. The van der Waals surface area contributed by atoms with Crippen molar-refractivity contribution in [2.24, 2.45) is 0 Å². The van der Waals surface area contributed by atoms with Crippen LogP contribution in [0.25, 0.3) is 0 Å². The maximum Gasteiger partial charge on any atom is 0.315 e. The molecule has 0 aliphatic heterocycles. The summed E-state index contributed by atoms with van der Waals surface area (Å²) < 4.78 is 0.000213. The van der Waals surface area contributed by atoms with Crippen molar-refractivity contribution < 1.29 is 4.79 Å². The van der Waals surface area contributed by atoms with Gasteiger partial charge in [-0.1, -0.05) is 11.6 Å². The minimum Gasteiger partial charge on any atom is -0.326 e. The molecule has 1 N–H and O–H groups in total. The molecule has 0 spiro atoms. The summed E-state index contributed by atoms with van der Waals surface area (Å²) in [6.07, 6.45) is 0. The van der Waals surface area contributed by atoms with Crippen molar-refractivity contribution in [3.05, 3.63) is 61.5 Å². The number of halogens is 1. The predicted molar refractivity (Wildman–Crippen MR) is 99.6 cm³/mol. The number of pyridine rings is 1. The van der Waals surface area contributed by atoms with Gasteiger partial charge in [-0.3, -0.25) is 4.79 Å². The lowest BCUT2D eigenvalue weighted by Crippen LogP contribution is -2.50. The van der Waals surface area contributed by atoms with Gasteiger partial charge >= 0.3 is 5.91 Å². The Bertz CT molecular complexity index is 870. The van der Waals surface area contributed by atoms with Crippen molar-refractivity contribution in [3.63, 3.8) is 0 Å². The molecule has 1 unspecified atom stereocenters. The first-order valence-electron chi connectivity index (χ1n) is 7.89. The summed E-state index contributed by atoms with van der Waals surface area (Å²) in [5, 5.41) is 0.591. The summed E-state index contributed by atoms with van der Waals surface area (Å²) in [6.45, 7) is 9.54. The fourth-order valence-electron chi connectivity index (χ4n) is 3.07. The number of hydrogen-bond acceptors (Lipinski definition) is 2. The molecule has 1 amide bonds. The van der Waals surface area contributed by atoms with Gasteiger partial charge in [0.05, 0.1) is 19.5 Å². The number of benzene rings is 1. The third-order valence-electron chi connectivity index (χ3n) is 4.80. The lowest BCUT2D eigenvalue weighted by Gasteiger charge is -2.32. The SMILES string of the molecule is CC(=O)[N+](C)(Cc1c(C)cc(C)[nH]c1=O)c1cc(Cl)cc(C)c1C. The second-order valence-corrected chi connectivity index (χ2v) is 7.11. The number of nitrogens with one attached hydrogen (secondary N) is 1. The van der Waals surface area contributed by atoms with E-state index in [0.717, 1.165) is 28.1 Å². The number of H-pyrrole nitrogens is 1. The first kappa shape index (κ1) is 18.4. The van der Waals surface area contributed by atoms with Gasteiger partial charge < -0.3 is 4.98 Å². The molecule has 0 bridgehead atoms. The molecule has 4 nitrogen and oxygen atoms in total. The highest BCUT2D eigenvalue weighted by Gasteiger charge is 2.35. The second-order valence-electron chi connectivity index (χ2n) is 6.68. The summed E-state index contributed by atoms with van der Waals surface area (Å²) in [5.74, 6) is -0.0425. The lowest BCUT2D eigenvalue weighted by molar-refractivity contribution is -0.127. The van der Waals surface area contributed by atoms with Crippen LogP contribution in [0.4, 0.5) is 5.69 Å². The van der Waals surface area contributed by atoms with Gasteiger partial charge in [-0.25, -0.2) is 9.28 Å². The van der Waals surface area contributed by atoms with Crippen LogP contribution in [0, 0.1) is 27.7 Å². The Kier molecular flexibility index (Phi) is 5.02. The van der Waals surface area contributed by atoms with Crippen LogP contribution in [0.15, 0.2) is 23.0 Å². The van der Waals surface area contributed by atoms with Gasteiger partial charge in [0.25, 0.3) is 5.56 Å². The average molecular weight is 348 g/mol. The van der Waals surface area contributed by atoms with Crippen LogP contribution < -0.4 is 10.0 Å². The summed E-state index contributed by atoms with van der Waals surface area (Å²) in [6, 6.07) is 5.63. The number of quaternary nitrogens is 1. The molecule has 0 aliphatic rings. The zero-order chi connectivity index (χ0) is 18.2. The molecule has 2 aromatic rings. The van der Waals surface area contributed by atoms with E-state index in [1.807, 2.05) is 52.9 Å². The van der Waals surface area contributed by atoms with Gasteiger partial charge in [-0.2, -0.15) is 0 Å². The van der Waals surface area contributed by atoms with E-state index in [4.69, 9.17) is 11.6 Å². The van der Waals surface area contributed by atoms with E-state index in [0.29, 0.717) is 10.6 Å². The smallest absolute Gasteiger partial charge is 0.315 e. The van der Waals surface area contributed by atoms with E-state index in [9.17, 15) is 9.59 Å². The van der Waals surface area contributed by atoms with E-state index < -0.39 is 0 Å². The number of aryl methyl sites for hydroxylation is 3. The molecule has 1 heterocycles. The number of amides is 1. The van der Waals surface area contributed by atoms with E-state index >= 15 is 0 Å². The Hall–Kier alpha value is -1.91. The molecular formula is C19H24ClN2O2+. The van der Waals surface area contributed by atoms with Gasteiger partial charge in [0.1, 0.15) is 12.2 Å². The van der Waals surface area contributed by atoms with Crippen molar-refractivity contribution in [1.82, 2.24) is 9.47 Å². The number of rotatable bonds is 3. The quantitative estimate of drug-likeness (QED) is 0.855. The molecule has 0 saturated heterocycles. The number of carbonyl (C=O) groups is 1. The van der Waals surface area contributed by atoms with E-state index in [1.54, 1.807) is 6.92 Å². The van der Waals surface area contributed by atoms with Crippen molar-refractivity contribution in [1.29, 1.82) is 0 Å². The Morgan fingerprint density at radius 3 is 2.29 bits per heavy atom. The molecule has 0 radical (unpaired) electrons. The van der Waals surface area contributed by atoms with Gasteiger partial charge in [0.15, 0.2) is 0 Å². The minimum atomic E-state index is -0.144. The monoisotopic (exact) mass is 347 g/mol. The van der Waals surface area contributed by atoms with Crippen LogP contribution in [-0.4, -0.2) is 17.9 Å². The van der Waals surface area contributed by atoms with Crippen LogP contribution in [-0.2, 0) is 11.3 Å². The average Bonchev–Trinajstić information content (AvgIpc) is 2.46. The topological polar surface area (TPSA) is 49.9 Å². The molecule has 24 heavy (non-hydrogen) atoms. The standard InChI is InChI=1S/C19H23ClN2O2/c1-11-8-16(20)9-18(14(11)4)22(6,15(5)23)10-17-12(2)7-13(3)21-19(17)24/h7-9H,10H2,1-6H3/p+1. The molecule has 0 fully saturated rings. The van der Waals surface area contributed by atoms with Crippen molar-refractivity contribution in [2.75, 3.05) is 7.05 Å². The zero-order valence-corrected chi connectivity index (χ0v) is 15.8. The molecule has 1 atom stereocenters. The number of hydrogen-bond donors (Lipinski definition) is 1. The van der Waals surface area contributed by atoms with Crippen LogP contribution in [0.5, 0.6) is 0 Å². The van der Waals surface area contributed by atoms with Gasteiger partial charge in [-0.05, 0) is 51.0 Å². The molecule has 1 aromatic carbocycles. The van der Waals surface area contributed by atoms with E-state index in [-0.39, 0.29) is 22.5 Å². The highest BCUT2D eigenvalue weighted by atomic mass is 35.5. The fraction of sp³-hybridized carbons (Fsp3) is 0.368. The molecular weight excluding hydrogens is 324 g/mol. The Labute approximate surface area is 147 Å². The van der Waals surface area contributed by atoms with Gasteiger partial charge in [0, 0.05) is 22.3 Å². The third kappa shape index (κ3) is 3.30. The largest absolute Gasteiger partial charge is 0.326 e. The molecule has 1 aromatic heterocycles. The van der Waals surface area contributed by atoms with Gasteiger partial charge in [0.2, 0.25) is 0 Å². The van der Waals surface area contributed by atoms with Crippen LogP contribution in [0.3, 0.4) is 0 Å². The molecule has 0 aliphatic carbocycles. The van der Waals surface area contributed by atoms with Crippen molar-refractivity contribution in [2.45, 2.75) is 41.2 Å². The molecule has 0 saturated carbocycles. The van der Waals surface area contributed by atoms with E-state index in [2.05, 4.69) is 4.98 Å². The predicted octanol–water partition coefficient (Wildman–Crippen LogP) is 3.95. The van der Waals surface area contributed by atoms with Crippen LogP contribution >= 0.6 is 11.6 Å². The maximum atomic E-state index is 12.6. The third-order valence-corrected chi connectivity index (χ3v) is 5.02. The highest BCUT2D eigenvalue weighted by Crippen LogP contribution is 2.33. The first-order valence-corrected chi connectivity index (χ1v) is 8.27. The Morgan fingerprint density at radius 1 is 1.12 bits per heavy atom. The number of carbonyl (C=O) groups excluding carboxylic acids is 1. The number of aromatic nitrogens is 1. The summed E-state index contributed by atoms with van der Waals surface area (Å²) >= 11 is 6.23. The molecule has 5 heteroatoms. The molecule has 128 valence electrons. The van der Waals surface area contributed by atoms with Gasteiger partial charge in [-0.15, -0.1) is 0 Å². The summed E-state index contributed by atoms with van der Waals surface area (Å²) in [7, 11) is 1.83. The van der Waals surface area contributed by atoms with Crippen LogP contribution in [0.2, 0.25) is 5.02 Å². The number of aromatic amines is 1. The van der Waals surface area contributed by atoms with Crippen molar-refractivity contribution in [3.8, 4) is 0 Å². The Morgan fingerprint density at radius 2 is 1.75 bits per heavy atom. The second kappa shape index (κ2) is 6.54. The normalized spacial score (nSPS) is 13.6. The summed E-state index contributed by atoms with van der Waals surface area (Å²) in [4.78, 5) is 27.8. The summed E-state index contributed by atoms with van der Waals surface area (Å²) in [5.41, 5.74) is 5.04. The Balaban J connectivity index is 2.67. The number of nitrogens with zero attached hydrogens (tertiary/aromatic N) is 1. The fourth-order valence-corrected chi connectivity index (χ4v) is 3.34. The molecule has 2 rings (SSSR count). The van der Waals surface area contributed by atoms with Crippen LogP contribution in [0.1, 0.15) is 34.9 Å². The highest BCUT2D eigenvalue weighted by molar-refractivity contribution is 6.31. The minimum absolute atomic E-state index is 0.000213. The van der Waals surface area contributed by atoms with E-state index in [1.165, 1.54) is 0 Å². The van der Waals surface area contributed by atoms with Crippen molar-refractivity contribution >= 4 is 23.2 Å². The maximum absolute atomic E-state index is 12.6.